The van der Waals surface area contributed by atoms with Crippen LogP contribution in [-0.2, 0) is 4.79 Å². The Balaban J connectivity index is 2.09. The number of alkyl halides is 3. The van der Waals surface area contributed by atoms with Crippen LogP contribution in [0.4, 0.5) is 13.2 Å². The van der Waals surface area contributed by atoms with Crippen molar-refractivity contribution in [2.24, 2.45) is 0 Å². The molecule has 0 unspecified atom stereocenters. The second kappa shape index (κ2) is 6.00. The summed E-state index contributed by atoms with van der Waals surface area (Å²) in [6, 6.07) is 8.41. The molecule has 1 saturated carbocycles. The van der Waals surface area contributed by atoms with Crippen molar-refractivity contribution in [2.75, 3.05) is 6.54 Å². The lowest BCUT2D eigenvalue weighted by Gasteiger charge is -2.36. The highest BCUT2D eigenvalue weighted by atomic mass is 19.4. The highest BCUT2D eigenvalue weighted by molar-refractivity contribution is 5.94. The molecule has 0 radical (unpaired) electrons. The van der Waals surface area contributed by atoms with Crippen molar-refractivity contribution < 1.29 is 18.0 Å². The van der Waals surface area contributed by atoms with Crippen molar-refractivity contribution in [3.05, 3.63) is 35.9 Å². The van der Waals surface area contributed by atoms with Gasteiger partial charge in [-0.05, 0) is 31.4 Å². The van der Waals surface area contributed by atoms with Gasteiger partial charge in [0.2, 0.25) is 0 Å². The number of halogens is 3. The molecule has 1 aliphatic rings. The van der Waals surface area contributed by atoms with Gasteiger partial charge in [0.25, 0.3) is 5.91 Å². The molecular weight excluding hydrogens is 267 g/mol. The zero-order chi connectivity index (χ0) is 14.6. The predicted molar refractivity (Wildman–Crippen MR) is 68.7 cm³/mol. The molecule has 0 heterocycles. The van der Waals surface area contributed by atoms with Crippen LogP contribution in [-0.4, -0.2) is 29.6 Å². The first-order valence-electron chi connectivity index (χ1n) is 6.40. The fourth-order valence-electron chi connectivity index (χ4n) is 1.98. The summed E-state index contributed by atoms with van der Waals surface area (Å²) >= 11 is 0. The average molecular weight is 281 g/mol. The Hall–Kier alpha value is -1.96. The number of hydrogen-bond donors (Lipinski definition) is 0. The summed E-state index contributed by atoms with van der Waals surface area (Å²) in [4.78, 5) is 12.7. The molecule has 20 heavy (non-hydrogen) atoms. The minimum atomic E-state index is -4.39. The van der Waals surface area contributed by atoms with Crippen LogP contribution >= 0.6 is 0 Å². The summed E-state index contributed by atoms with van der Waals surface area (Å²) in [5.41, 5.74) is 0.612. The van der Waals surface area contributed by atoms with Crippen molar-refractivity contribution in [3.8, 4) is 11.8 Å². The second-order valence-electron chi connectivity index (χ2n) is 4.75. The molecule has 0 spiro atoms. The molecule has 1 fully saturated rings. The van der Waals surface area contributed by atoms with Gasteiger partial charge in [0.05, 0.1) is 0 Å². The van der Waals surface area contributed by atoms with E-state index in [-0.39, 0.29) is 6.04 Å². The minimum Gasteiger partial charge on any atom is -0.320 e. The van der Waals surface area contributed by atoms with E-state index in [0.717, 1.165) is 11.3 Å². The van der Waals surface area contributed by atoms with E-state index in [0.29, 0.717) is 18.4 Å². The summed E-state index contributed by atoms with van der Waals surface area (Å²) in [6.45, 7) is -1.22. The lowest BCUT2D eigenvalue weighted by molar-refractivity contribution is -0.165. The third-order valence-corrected chi connectivity index (χ3v) is 3.21. The predicted octanol–water partition coefficient (Wildman–Crippen LogP) is 2.98. The highest BCUT2D eigenvalue weighted by Gasteiger charge is 2.37. The molecule has 1 aromatic rings. The number of amides is 1. The van der Waals surface area contributed by atoms with Crippen LogP contribution < -0.4 is 0 Å². The summed E-state index contributed by atoms with van der Waals surface area (Å²) in [5, 5.41) is 0. The zero-order valence-corrected chi connectivity index (χ0v) is 10.8. The van der Waals surface area contributed by atoms with Gasteiger partial charge in [-0.25, -0.2) is 0 Å². The van der Waals surface area contributed by atoms with E-state index in [1.807, 2.05) is 0 Å². The van der Waals surface area contributed by atoms with Crippen LogP contribution in [0.15, 0.2) is 30.3 Å². The normalized spacial score (nSPS) is 14.9. The molecule has 1 aliphatic carbocycles. The largest absolute Gasteiger partial charge is 0.406 e. The molecule has 1 amide bonds. The van der Waals surface area contributed by atoms with E-state index in [1.165, 1.54) is 0 Å². The van der Waals surface area contributed by atoms with Crippen LogP contribution in [0.3, 0.4) is 0 Å². The van der Waals surface area contributed by atoms with Crippen LogP contribution in [0.5, 0.6) is 0 Å². The zero-order valence-electron chi connectivity index (χ0n) is 10.8. The van der Waals surface area contributed by atoms with Crippen LogP contribution in [0.25, 0.3) is 0 Å². The number of carbonyl (C=O) groups excluding carboxylic acids is 1. The summed E-state index contributed by atoms with van der Waals surface area (Å²) < 4.78 is 37.5. The molecule has 0 aliphatic heterocycles. The lowest BCUT2D eigenvalue weighted by Crippen LogP contribution is -2.48. The van der Waals surface area contributed by atoms with Crippen molar-refractivity contribution in [1.29, 1.82) is 0 Å². The van der Waals surface area contributed by atoms with E-state index in [2.05, 4.69) is 11.8 Å². The number of rotatable bonds is 2. The van der Waals surface area contributed by atoms with Gasteiger partial charge in [0, 0.05) is 17.5 Å². The first-order chi connectivity index (χ1) is 9.46. The van der Waals surface area contributed by atoms with E-state index in [4.69, 9.17) is 0 Å². The Morgan fingerprint density at radius 2 is 1.90 bits per heavy atom. The minimum absolute atomic E-state index is 0.325. The fourth-order valence-corrected chi connectivity index (χ4v) is 1.98. The van der Waals surface area contributed by atoms with Gasteiger partial charge in [-0.1, -0.05) is 24.1 Å². The Labute approximate surface area is 115 Å². The molecule has 0 aromatic heterocycles. The summed E-state index contributed by atoms with van der Waals surface area (Å²) in [7, 11) is 0. The fraction of sp³-hybridized carbons (Fsp3) is 0.400. The Morgan fingerprint density at radius 1 is 1.25 bits per heavy atom. The SMILES string of the molecule is O=C(C#Cc1ccccc1)N(CC(F)(F)F)C1CCC1. The number of hydrogen-bond acceptors (Lipinski definition) is 1. The maximum Gasteiger partial charge on any atom is 0.406 e. The maximum atomic E-state index is 12.5. The van der Waals surface area contributed by atoms with E-state index >= 15 is 0 Å². The van der Waals surface area contributed by atoms with Gasteiger partial charge < -0.3 is 4.90 Å². The topological polar surface area (TPSA) is 20.3 Å². The molecule has 5 heteroatoms. The Kier molecular flexibility index (Phi) is 4.33. The Morgan fingerprint density at radius 3 is 2.40 bits per heavy atom. The van der Waals surface area contributed by atoms with Crippen LogP contribution in [0.2, 0.25) is 0 Å². The quantitative estimate of drug-likeness (QED) is 0.763. The van der Waals surface area contributed by atoms with Crippen LogP contribution in [0.1, 0.15) is 24.8 Å². The van der Waals surface area contributed by atoms with Gasteiger partial charge >= 0.3 is 6.18 Å². The standard InChI is InChI=1S/C15H14F3NO/c16-15(17,18)11-19(13-7-4-8-13)14(20)10-9-12-5-2-1-3-6-12/h1-3,5-6,13H,4,7-8,11H2. The van der Waals surface area contributed by atoms with Crippen molar-refractivity contribution >= 4 is 5.91 Å². The molecular formula is C15H14F3NO. The van der Waals surface area contributed by atoms with E-state index in [1.54, 1.807) is 30.3 Å². The number of carbonyl (C=O) groups is 1. The molecule has 0 atom stereocenters. The van der Waals surface area contributed by atoms with Crippen molar-refractivity contribution in [1.82, 2.24) is 4.90 Å². The second-order valence-corrected chi connectivity index (χ2v) is 4.75. The first kappa shape index (κ1) is 14.4. The van der Waals surface area contributed by atoms with Gasteiger partial charge in [0.1, 0.15) is 6.54 Å². The lowest BCUT2D eigenvalue weighted by atomic mass is 9.91. The molecule has 2 nitrogen and oxygen atoms in total. The van der Waals surface area contributed by atoms with E-state index in [9.17, 15) is 18.0 Å². The maximum absolute atomic E-state index is 12.5. The van der Waals surface area contributed by atoms with Crippen molar-refractivity contribution in [3.63, 3.8) is 0 Å². The molecule has 0 saturated heterocycles. The molecule has 1 aromatic carbocycles. The van der Waals surface area contributed by atoms with Gasteiger partial charge in [-0.15, -0.1) is 0 Å². The monoisotopic (exact) mass is 281 g/mol. The molecule has 106 valence electrons. The Bertz CT molecular complexity index is 524. The summed E-state index contributed by atoms with van der Waals surface area (Å²) in [6.07, 6.45) is -2.29. The third-order valence-electron chi connectivity index (χ3n) is 3.21. The average Bonchev–Trinajstić information content (AvgIpc) is 2.33. The molecule has 0 bridgehead atoms. The van der Waals surface area contributed by atoms with Crippen LogP contribution in [0, 0.1) is 11.8 Å². The highest BCUT2D eigenvalue weighted by Crippen LogP contribution is 2.28. The summed E-state index contributed by atoms with van der Waals surface area (Å²) in [5.74, 6) is 4.16. The number of nitrogens with zero attached hydrogens (tertiary/aromatic N) is 1. The number of benzene rings is 1. The van der Waals surface area contributed by atoms with Crippen molar-refractivity contribution in [2.45, 2.75) is 31.5 Å². The molecule has 2 rings (SSSR count). The first-order valence-corrected chi connectivity index (χ1v) is 6.40. The smallest absolute Gasteiger partial charge is 0.320 e. The van der Waals surface area contributed by atoms with Gasteiger partial charge in [-0.2, -0.15) is 13.2 Å². The van der Waals surface area contributed by atoms with E-state index < -0.39 is 18.6 Å². The van der Waals surface area contributed by atoms with Gasteiger partial charge in [-0.3, -0.25) is 4.79 Å². The van der Waals surface area contributed by atoms with Gasteiger partial charge in [0.15, 0.2) is 0 Å². The third kappa shape index (κ3) is 4.02. The molecule has 0 N–H and O–H groups in total.